The van der Waals surface area contributed by atoms with Crippen LogP contribution in [0.3, 0.4) is 0 Å². The first kappa shape index (κ1) is 19.9. The summed E-state index contributed by atoms with van der Waals surface area (Å²) in [4.78, 5) is 38.8. The maximum Gasteiger partial charge on any atom is 0.350 e. The van der Waals surface area contributed by atoms with Crippen LogP contribution in [0.15, 0.2) is 30.3 Å². The maximum absolute atomic E-state index is 13.0. The number of thiophene rings is 1. The third-order valence-electron chi connectivity index (χ3n) is 4.42. The molecule has 1 aromatic carbocycles. The lowest BCUT2D eigenvalue weighted by Gasteiger charge is -2.39. The van der Waals surface area contributed by atoms with E-state index in [4.69, 9.17) is 9.47 Å². The second-order valence-corrected chi connectivity index (χ2v) is 7.51. The van der Waals surface area contributed by atoms with Crippen LogP contribution >= 0.6 is 11.3 Å². The summed E-state index contributed by atoms with van der Waals surface area (Å²) in [6, 6.07) is 9.09. The fourth-order valence-electron chi connectivity index (χ4n) is 3.26. The number of carbonyl (C=O) groups excluding carboxylic acids is 3. The third-order valence-corrected chi connectivity index (χ3v) is 5.50. The first-order valence-electron chi connectivity index (χ1n) is 9.04. The Morgan fingerprint density at radius 2 is 1.75 bits per heavy atom. The molecule has 1 aliphatic heterocycles. The largest absolute Gasteiger partial charge is 0.466 e. The number of fused-ring (bicyclic) bond motifs is 1. The molecule has 148 valence electrons. The Morgan fingerprint density at radius 1 is 1.07 bits per heavy atom. The van der Waals surface area contributed by atoms with E-state index in [1.807, 2.05) is 18.2 Å². The lowest BCUT2D eigenvalue weighted by atomic mass is 9.91. The lowest BCUT2D eigenvalue weighted by molar-refractivity contribution is -0.144. The number of esters is 2. The number of hydrogen-bond acceptors (Lipinski definition) is 7. The van der Waals surface area contributed by atoms with E-state index in [9.17, 15) is 14.4 Å². The number of benzene rings is 1. The number of rotatable bonds is 6. The van der Waals surface area contributed by atoms with Crippen molar-refractivity contribution >= 4 is 34.9 Å². The SMILES string of the molecule is CCOC(=O)C[C@@]1(c2ccccc2)NC(=O)c2c(C)sc(C(=O)OCC)c2N1. The Labute approximate surface area is 167 Å². The number of amides is 1. The van der Waals surface area contributed by atoms with E-state index in [1.54, 1.807) is 32.9 Å². The van der Waals surface area contributed by atoms with Crippen molar-refractivity contribution in [3.05, 3.63) is 51.2 Å². The average molecular weight is 402 g/mol. The van der Waals surface area contributed by atoms with E-state index in [0.29, 0.717) is 26.6 Å². The Hall–Kier alpha value is -2.87. The topological polar surface area (TPSA) is 93.7 Å². The smallest absolute Gasteiger partial charge is 0.350 e. The minimum Gasteiger partial charge on any atom is -0.466 e. The van der Waals surface area contributed by atoms with Crippen molar-refractivity contribution in [2.75, 3.05) is 18.5 Å². The van der Waals surface area contributed by atoms with Crippen LogP contribution in [-0.4, -0.2) is 31.1 Å². The molecular weight excluding hydrogens is 380 g/mol. The van der Waals surface area contributed by atoms with Gasteiger partial charge >= 0.3 is 11.9 Å². The van der Waals surface area contributed by atoms with Crippen molar-refractivity contribution in [2.24, 2.45) is 0 Å². The number of nitrogens with one attached hydrogen (secondary N) is 2. The van der Waals surface area contributed by atoms with Crippen LogP contribution in [0.25, 0.3) is 0 Å². The molecule has 1 amide bonds. The highest BCUT2D eigenvalue weighted by atomic mass is 32.1. The molecule has 28 heavy (non-hydrogen) atoms. The van der Waals surface area contributed by atoms with Crippen LogP contribution in [0.1, 0.15) is 50.7 Å². The summed E-state index contributed by atoms with van der Waals surface area (Å²) in [5.41, 5.74) is 0.230. The van der Waals surface area contributed by atoms with Crippen molar-refractivity contribution in [3.63, 3.8) is 0 Å². The molecule has 0 saturated heterocycles. The summed E-state index contributed by atoms with van der Waals surface area (Å²) < 4.78 is 10.3. The summed E-state index contributed by atoms with van der Waals surface area (Å²) in [5.74, 6) is -1.32. The summed E-state index contributed by atoms with van der Waals surface area (Å²) in [7, 11) is 0. The third kappa shape index (κ3) is 3.60. The van der Waals surface area contributed by atoms with E-state index in [2.05, 4.69) is 10.6 Å². The van der Waals surface area contributed by atoms with Gasteiger partial charge in [-0.1, -0.05) is 30.3 Å². The van der Waals surface area contributed by atoms with Gasteiger partial charge in [-0.25, -0.2) is 4.79 Å². The van der Waals surface area contributed by atoms with Gasteiger partial charge in [0.2, 0.25) is 0 Å². The molecule has 0 bridgehead atoms. The molecule has 0 saturated carbocycles. The van der Waals surface area contributed by atoms with Gasteiger partial charge in [0.25, 0.3) is 5.91 Å². The summed E-state index contributed by atoms with van der Waals surface area (Å²) in [5, 5.41) is 6.17. The standard InChI is InChI=1S/C20H22N2O5S/c1-4-26-14(23)11-20(13-9-7-6-8-10-13)21-16-15(18(24)22-20)12(3)28-17(16)19(25)27-5-2/h6-10,21H,4-5,11H2,1-3H3,(H,22,24)/t20-/m0/s1. The molecule has 0 fully saturated rings. The van der Waals surface area contributed by atoms with Gasteiger partial charge in [0.05, 0.1) is 30.9 Å². The Balaban J connectivity index is 2.11. The molecule has 2 heterocycles. The van der Waals surface area contributed by atoms with Crippen molar-refractivity contribution in [1.82, 2.24) is 5.32 Å². The molecule has 0 spiro atoms. The molecule has 1 aliphatic rings. The number of aryl methyl sites for hydroxylation is 1. The zero-order chi connectivity index (χ0) is 20.3. The minimum atomic E-state index is -1.23. The highest BCUT2D eigenvalue weighted by Crippen LogP contribution is 2.41. The van der Waals surface area contributed by atoms with Crippen LogP contribution in [-0.2, 0) is 19.9 Å². The highest BCUT2D eigenvalue weighted by molar-refractivity contribution is 7.15. The second-order valence-electron chi connectivity index (χ2n) is 6.29. The van der Waals surface area contributed by atoms with Gasteiger partial charge in [-0.15, -0.1) is 11.3 Å². The molecular formula is C20H22N2O5S. The van der Waals surface area contributed by atoms with Gasteiger partial charge in [-0.05, 0) is 26.3 Å². The molecule has 8 heteroatoms. The van der Waals surface area contributed by atoms with Gasteiger partial charge in [-0.2, -0.15) is 0 Å². The highest BCUT2D eigenvalue weighted by Gasteiger charge is 2.44. The van der Waals surface area contributed by atoms with E-state index >= 15 is 0 Å². The molecule has 2 aromatic rings. The predicted octanol–water partition coefficient (Wildman–Crippen LogP) is 3.19. The Bertz CT molecular complexity index is 909. The van der Waals surface area contributed by atoms with E-state index in [0.717, 1.165) is 0 Å². The minimum absolute atomic E-state index is 0.132. The Kier molecular flexibility index (Phi) is 5.69. The fourth-order valence-corrected chi connectivity index (χ4v) is 4.27. The number of anilines is 1. The summed E-state index contributed by atoms with van der Waals surface area (Å²) in [6.07, 6.45) is -0.132. The zero-order valence-electron chi connectivity index (χ0n) is 16.0. The number of ether oxygens (including phenoxy) is 2. The monoisotopic (exact) mass is 402 g/mol. The molecule has 0 radical (unpaired) electrons. The maximum atomic E-state index is 13.0. The van der Waals surface area contributed by atoms with E-state index in [-0.39, 0.29) is 25.5 Å². The Morgan fingerprint density at radius 3 is 2.39 bits per heavy atom. The molecule has 2 N–H and O–H groups in total. The van der Waals surface area contributed by atoms with Crippen LogP contribution in [0.2, 0.25) is 0 Å². The first-order valence-corrected chi connectivity index (χ1v) is 9.85. The quantitative estimate of drug-likeness (QED) is 0.721. The molecule has 7 nitrogen and oxygen atoms in total. The molecule has 0 aliphatic carbocycles. The zero-order valence-corrected chi connectivity index (χ0v) is 16.8. The van der Waals surface area contributed by atoms with Crippen molar-refractivity contribution < 1.29 is 23.9 Å². The van der Waals surface area contributed by atoms with Gasteiger partial charge in [0.15, 0.2) is 0 Å². The number of hydrogen-bond donors (Lipinski definition) is 2. The van der Waals surface area contributed by atoms with Crippen LogP contribution in [0, 0.1) is 6.92 Å². The summed E-state index contributed by atoms with van der Waals surface area (Å²) in [6.45, 7) is 5.67. The average Bonchev–Trinajstić information content (AvgIpc) is 2.99. The van der Waals surface area contributed by atoms with E-state index in [1.165, 1.54) is 11.3 Å². The second kappa shape index (κ2) is 8.02. The molecule has 1 aromatic heterocycles. The molecule has 0 unspecified atom stereocenters. The number of carbonyl (C=O) groups is 3. The first-order chi connectivity index (χ1) is 13.4. The van der Waals surface area contributed by atoms with Crippen molar-refractivity contribution in [2.45, 2.75) is 32.9 Å². The van der Waals surface area contributed by atoms with Gasteiger partial charge < -0.3 is 20.1 Å². The van der Waals surface area contributed by atoms with Crippen LogP contribution < -0.4 is 10.6 Å². The summed E-state index contributed by atoms with van der Waals surface area (Å²) >= 11 is 1.19. The normalized spacial score (nSPS) is 17.9. The van der Waals surface area contributed by atoms with Gasteiger partial charge in [-0.3, -0.25) is 9.59 Å². The lowest BCUT2D eigenvalue weighted by Crippen LogP contribution is -2.56. The van der Waals surface area contributed by atoms with Crippen LogP contribution in [0.5, 0.6) is 0 Å². The van der Waals surface area contributed by atoms with Gasteiger partial charge in [0, 0.05) is 4.88 Å². The fraction of sp³-hybridized carbons (Fsp3) is 0.350. The predicted molar refractivity (Wildman–Crippen MR) is 105 cm³/mol. The van der Waals surface area contributed by atoms with Gasteiger partial charge in [0.1, 0.15) is 10.5 Å². The molecule has 1 atom stereocenters. The van der Waals surface area contributed by atoms with Crippen LogP contribution in [0.4, 0.5) is 5.69 Å². The molecule has 3 rings (SSSR count). The van der Waals surface area contributed by atoms with E-state index < -0.39 is 17.6 Å². The van der Waals surface area contributed by atoms with Crippen molar-refractivity contribution in [1.29, 1.82) is 0 Å². The van der Waals surface area contributed by atoms with Crippen molar-refractivity contribution in [3.8, 4) is 0 Å².